The summed E-state index contributed by atoms with van der Waals surface area (Å²) in [5.41, 5.74) is 1.82. The Hall–Kier alpha value is -1.63. The van der Waals surface area contributed by atoms with E-state index in [1.807, 2.05) is 24.3 Å². The lowest BCUT2D eigenvalue weighted by Gasteiger charge is -2.34. The molecule has 1 aromatic carbocycles. The van der Waals surface area contributed by atoms with Crippen molar-refractivity contribution in [2.45, 2.75) is 6.10 Å². The molecule has 2 aliphatic rings. The zero-order valence-corrected chi connectivity index (χ0v) is 13.6. The lowest BCUT2D eigenvalue weighted by molar-refractivity contribution is 0.0534. The van der Waals surface area contributed by atoms with Crippen molar-refractivity contribution in [3.63, 3.8) is 0 Å². The Bertz CT molecular complexity index is 526. The molecule has 6 nitrogen and oxygen atoms in total. The standard InChI is InChI=1S/C17H25N3O3/c1-18-6-8-19(9-7-18)15-4-2-14(3-5-15)17(22)20-10-11-23-13-16(21)12-20/h2-5,16,21H,6-13H2,1H3. The van der Waals surface area contributed by atoms with Gasteiger partial charge in [-0.3, -0.25) is 4.79 Å². The van der Waals surface area contributed by atoms with Crippen LogP contribution in [0.25, 0.3) is 0 Å². The Labute approximate surface area is 137 Å². The second kappa shape index (κ2) is 7.29. The first-order valence-electron chi connectivity index (χ1n) is 8.22. The quantitative estimate of drug-likeness (QED) is 0.848. The summed E-state index contributed by atoms with van der Waals surface area (Å²) in [4.78, 5) is 18.9. The molecular formula is C17H25N3O3. The van der Waals surface area contributed by atoms with Crippen LogP contribution in [0.1, 0.15) is 10.4 Å². The zero-order valence-electron chi connectivity index (χ0n) is 13.6. The number of likely N-dealkylation sites (N-methyl/N-ethyl adjacent to an activating group) is 1. The first-order chi connectivity index (χ1) is 11.1. The zero-order chi connectivity index (χ0) is 16.2. The van der Waals surface area contributed by atoms with Gasteiger partial charge in [-0.05, 0) is 31.3 Å². The van der Waals surface area contributed by atoms with Gasteiger partial charge in [0, 0.05) is 50.5 Å². The van der Waals surface area contributed by atoms with Crippen LogP contribution in [0.3, 0.4) is 0 Å². The number of hydrogen-bond donors (Lipinski definition) is 1. The number of β-amino-alcohol motifs (C(OH)–C–C–N with tert-alkyl or cyclic N) is 1. The van der Waals surface area contributed by atoms with Gasteiger partial charge in [-0.1, -0.05) is 0 Å². The molecule has 2 saturated heterocycles. The van der Waals surface area contributed by atoms with E-state index in [4.69, 9.17) is 4.74 Å². The molecule has 126 valence electrons. The van der Waals surface area contributed by atoms with Gasteiger partial charge < -0.3 is 24.5 Å². The van der Waals surface area contributed by atoms with Crippen molar-refractivity contribution in [1.29, 1.82) is 0 Å². The third kappa shape index (κ3) is 4.02. The Morgan fingerprint density at radius 3 is 2.52 bits per heavy atom. The lowest BCUT2D eigenvalue weighted by Crippen LogP contribution is -2.44. The number of nitrogens with zero attached hydrogens (tertiary/aromatic N) is 3. The van der Waals surface area contributed by atoms with Crippen LogP contribution in [0.15, 0.2) is 24.3 Å². The highest BCUT2D eigenvalue weighted by Gasteiger charge is 2.22. The first kappa shape index (κ1) is 16.2. The number of piperazine rings is 1. The van der Waals surface area contributed by atoms with E-state index < -0.39 is 6.10 Å². The van der Waals surface area contributed by atoms with E-state index in [0.29, 0.717) is 31.9 Å². The fourth-order valence-corrected chi connectivity index (χ4v) is 3.04. The molecule has 2 heterocycles. The second-order valence-corrected chi connectivity index (χ2v) is 6.32. The van der Waals surface area contributed by atoms with Crippen LogP contribution in [0.4, 0.5) is 5.69 Å². The Morgan fingerprint density at radius 1 is 1.13 bits per heavy atom. The predicted molar refractivity (Wildman–Crippen MR) is 88.9 cm³/mol. The molecule has 0 aliphatic carbocycles. The van der Waals surface area contributed by atoms with Crippen LogP contribution in [-0.4, -0.2) is 86.4 Å². The van der Waals surface area contributed by atoms with Crippen molar-refractivity contribution in [2.24, 2.45) is 0 Å². The number of hydrogen-bond acceptors (Lipinski definition) is 5. The second-order valence-electron chi connectivity index (χ2n) is 6.32. The molecule has 1 atom stereocenters. The Kier molecular flexibility index (Phi) is 5.15. The normalized spacial score (nSPS) is 23.7. The van der Waals surface area contributed by atoms with Crippen molar-refractivity contribution < 1.29 is 14.6 Å². The van der Waals surface area contributed by atoms with E-state index in [-0.39, 0.29) is 5.91 Å². The number of rotatable bonds is 2. The van der Waals surface area contributed by atoms with Gasteiger partial charge in [0.05, 0.1) is 19.3 Å². The van der Waals surface area contributed by atoms with Crippen LogP contribution in [0.5, 0.6) is 0 Å². The van der Waals surface area contributed by atoms with E-state index in [0.717, 1.165) is 31.9 Å². The number of carbonyl (C=O) groups is 1. The van der Waals surface area contributed by atoms with Gasteiger partial charge in [0.1, 0.15) is 0 Å². The molecule has 1 N–H and O–H groups in total. The van der Waals surface area contributed by atoms with E-state index in [1.54, 1.807) is 4.90 Å². The number of aliphatic hydroxyl groups is 1. The minimum absolute atomic E-state index is 0.0422. The van der Waals surface area contributed by atoms with Crippen molar-refractivity contribution >= 4 is 11.6 Å². The summed E-state index contributed by atoms with van der Waals surface area (Å²) in [6.45, 7) is 5.78. The summed E-state index contributed by atoms with van der Waals surface area (Å²) in [6.07, 6.45) is -0.605. The molecule has 1 amide bonds. The van der Waals surface area contributed by atoms with E-state index >= 15 is 0 Å². The minimum Gasteiger partial charge on any atom is -0.389 e. The summed E-state index contributed by atoms with van der Waals surface area (Å²) in [6, 6.07) is 7.80. The van der Waals surface area contributed by atoms with Gasteiger partial charge in [-0.15, -0.1) is 0 Å². The van der Waals surface area contributed by atoms with Gasteiger partial charge in [0.25, 0.3) is 5.91 Å². The maximum absolute atomic E-state index is 12.6. The third-order valence-corrected chi connectivity index (χ3v) is 4.52. The maximum atomic E-state index is 12.6. The number of anilines is 1. The molecular weight excluding hydrogens is 294 g/mol. The molecule has 2 fully saturated rings. The van der Waals surface area contributed by atoms with Crippen LogP contribution in [0.2, 0.25) is 0 Å². The SMILES string of the molecule is CN1CCN(c2ccc(C(=O)N3CCOCC(O)C3)cc2)CC1. The van der Waals surface area contributed by atoms with Gasteiger partial charge >= 0.3 is 0 Å². The topological polar surface area (TPSA) is 56.2 Å². The largest absolute Gasteiger partial charge is 0.389 e. The first-order valence-corrected chi connectivity index (χ1v) is 8.22. The molecule has 0 radical (unpaired) electrons. The van der Waals surface area contributed by atoms with Crippen LogP contribution >= 0.6 is 0 Å². The Balaban J connectivity index is 1.65. The summed E-state index contributed by atoms with van der Waals surface area (Å²) >= 11 is 0. The molecule has 0 saturated carbocycles. The molecule has 1 aromatic rings. The molecule has 1 unspecified atom stereocenters. The summed E-state index contributed by atoms with van der Waals surface area (Å²) in [7, 11) is 2.14. The number of carbonyl (C=O) groups excluding carboxylic acids is 1. The summed E-state index contributed by atoms with van der Waals surface area (Å²) < 4.78 is 5.28. The number of benzene rings is 1. The number of aliphatic hydroxyl groups excluding tert-OH is 1. The van der Waals surface area contributed by atoms with Crippen LogP contribution < -0.4 is 4.90 Å². The highest BCUT2D eigenvalue weighted by Crippen LogP contribution is 2.18. The molecule has 0 aromatic heterocycles. The summed E-state index contributed by atoms with van der Waals surface area (Å²) in [5, 5.41) is 9.76. The van der Waals surface area contributed by atoms with Crippen molar-refractivity contribution in [2.75, 3.05) is 64.4 Å². The van der Waals surface area contributed by atoms with Crippen molar-refractivity contribution in [3.05, 3.63) is 29.8 Å². The van der Waals surface area contributed by atoms with E-state index in [9.17, 15) is 9.90 Å². The summed E-state index contributed by atoms with van der Waals surface area (Å²) in [5.74, 6) is -0.0422. The van der Waals surface area contributed by atoms with Gasteiger partial charge in [0.15, 0.2) is 0 Å². The number of ether oxygens (including phenoxy) is 1. The minimum atomic E-state index is -0.605. The van der Waals surface area contributed by atoms with Gasteiger partial charge in [-0.2, -0.15) is 0 Å². The van der Waals surface area contributed by atoms with Crippen LogP contribution in [-0.2, 0) is 4.74 Å². The lowest BCUT2D eigenvalue weighted by atomic mass is 10.1. The number of amides is 1. The highest BCUT2D eigenvalue weighted by atomic mass is 16.5. The van der Waals surface area contributed by atoms with Crippen molar-refractivity contribution in [3.8, 4) is 0 Å². The molecule has 6 heteroatoms. The molecule has 23 heavy (non-hydrogen) atoms. The monoisotopic (exact) mass is 319 g/mol. The van der Waals surface area contributed by atoms with Gasteiger partial charge in [-0.25, -0.2) is 0 Å². The van der Waals surface area contributed by atoms with Crippen molar-refractivity contribution in [1.82, 2.24) is 9.80 Å². The van der Waals surface area contributed by atoms with Crippen LogP contribution in [0, 0.1) is 0 Å². The van der Waals surface area contributed by atoms with E-state index in [2.05, 4.69) is 16.8 Å². The van der Waals surface area contributed by atoms with E-state index in [1.165, 1.54) is 0 Å². The molecule has 0 bridgehead atoms. The average Bonchev–Trinajstić information content (AvgIpc) is 2.80. The average molecular weight is 319 g/mol. The molecule has 3 rings (SSSR count). The maximum Gasteiger partial charge on any atom is 0.254 e. The Morgan fingerprint density at radius 2 is 1.83 bits per heavy atom. The molecule has 0 spiro atoms. The molecule has 2 aliphatic heterocycles. The highest BCUT2D eigenvalue weighted by molar-refractivity contribution is 5.94. The predicted octanol–water partition coefficient (Wildman–Crippen LogP) is 0.272. The smallest absolute Gasteiger partial charge is 0.254 e. The fourth-order valence-electron chi connectivity index (χ4n) is 3.04. The third-order valence-electron chi connectivity index (χ3n) is 4.52. The van der Waals surface area contributed by atoms with Gasteiger partial charge in [0.2, 0.25) is 0 Å². The fraction of sp³-hybridized carbons (Fsp3) is 0.588.